The van der Waals surface area contributed by atoms with Crippen molar-refractivity contribution in [1.29, 1.82) is 0 Å². The van der Waals surface area contributed by atoms with Gasteiger partial charge in [-0.25, -0.2) is 0 Å². The molecule has 0 aromatic rings. The van der Waals surface area contributed by atoms with Gasteiger partial charge in [0, 0.05) is 12.1 Å². The highest BCUT2D eigenvalue weighted by Crippen LogP contribution is 2.45. The fourth-order valence-electron chi connectivity index (χ4n) is 3.52. The van der Waals surface area contributed by atoms with Gasteiger partial charge < -0.3 is 5.32 Å². The average Bonchev–Trinajstić information content (AvgIpc) is 2.79. The third kappa shape index (κ3) is 1.52. The number of hydrogen-bond donors (Lipinski definition) is 1. The third-order valence-electron chi connectivity index (χ3n) is 4.54. The van der Waals surface area contributed by atoms with Crippen molar-refractivity contribution >= 4 is 0 Å². The summed E-state index contributed by atoms with van der Waals surface area (Å²) < 4.78 is 0. The molecule has 4 unspecified atom stereocenters. The number of fused-ring (bicyclic) bond motifs is 2. The van der Waals surface area contributed by atoms with Gasteiger partial charge in [0.15, 0.2) is 0 Å². The van der Waals surface area contributed by atoms with Crippen LogP contribution in [0.1, 0.15) is 45.4 Å². The molecule has 3 aliphatic rings. The Morgan fingerprint density at radius 3 is 2.46 bits per heavy atom. The Morgan fingerprint density at radius 1 is 1.08 bits per heavy atom. The quantitative estimate of drug-likeness (QED) is 0.702. The average molecular weight is 179 g/mol. The lowest BCUT2D eigenvalue weighted by Crippen LogP contribution is -2.40. The van der Waals surface area contributed by atoms with Gasteiger partial charge in [0.05, 0.1) is 0 Å². The first-order valence-corrected chi connectivity index (χ1v) is 6.09. The zero-order chi connectivity index (χ0) is 8.84. The van der Waals surface area contributed by atoms with Crippen molar-refractivity contribution in [3.63, 3.8) is 0 Å². The van der Waals surface area contributed by atoms with Crippen LogP contribution in [0.3, 0.4) is 0 Å². The lowest BCUT2D eigenvalue weighted by molar-refractivity contribution is 0.312. The summed E-state index contributed by atoms with van der Waals surface area (Å²) in [7, 11) is 0. The predicted octanol–water partition coefficient (Wildman–Crippen LogP) is 2.56. The highest BCUT2D eigenvalue weighted by atomic mass is 15.0. The topological polar surface area (TPSA) is 12.0 Å². The Balaban J connectivity index is 1.55. The summed E-state index contributed by atoms with van der Waals surface area (Å²) >= 11 is 0. The number of rotatable bonds is 3. The van der Waals surface area contributed by atoms with Crippen LogP contribution >= 0.6 is 0 Å². The van der Waals surface area contributed by atoms with Crippen molar-refractivity contribution in [1.82, 2.24) is 5.32 Å². The fraction of sp³-hybridized carbons (Fsp3) is 1.00. The first-order valence-electron chi connectivity index (χ1n) is 6.09. The van der Waals surface area contributed by atoms with Gasteiger partial charge in [-0.2, -0.15) is 0 Å². The minimum Gasteiger partial charge on any atom is -0.311 e. The van der Waals surface area contributed by atoms with Crippen LogP contribution in [0.5, 0.6) is 0 Å². The van der Waals surface area contributed by atoms with E-state index < -0.39 is 0 Å². The van der Waals surface area contributed by atoms with Crippen LogP contribution < -0.4 is 5.32 Å². The molecule has 4 atom stereocenters. The van der Waals surface area contributed by atoms with Crippen LogP contribution in [-0.4, -0.2) is 12.1 Å². The molecule has 3 fully saturated rings. The van der Waals surface area contributed by atoms with E-state index in [9.17, 15) is 0 Å². The normalized spacial score (nSPS) is 45.5. The smallest absolute Gasteiger partial charge is 0.0101 e. The van der Waals surface area contributed by atoms with Gasteiger partial charge in [0.2, 0.25) is 0 Å². The molecular weight excluding hydrogens is 158 g/mol. The van der Waals surface area contributed by atoms with Crippen molar-refractivity contribution in [2.45, 2.75) is 57.5 Å². The molecular formula is C12H21N. The van der Waals surface area contributed by atoms with Crippen molar-refractivity contribution in [3.05, 3.63) is 0 Å². The second-order valence-corrected chi connectivity index (χ2v) is 5.57. The first-order chi connectivity index (χ1) is 6.33. The van der Waals surface area contributed by atoms with E-state index in [-0.39, 0.29) is 0 Å². The zero-order valence-electron chi connectivity index (χ0n) is 8.63. The second kappa shape index (κ2) is 2.98. The Bertz CT molecular complexity index is 197. The molecule has 74 valence electrons. The molecule has 0 radical (unpaired) electrons. The Morgan fingerprint density at radius 2 is 1.92 bits per heavy atom. The maximum Gasteiger partial charge on any atom is 0.0101 e. The monoisotopic (exact) mass is 179 g/mol. The first kappa shape index (κ1) is 8.28. The van der Waals surface area contributed by atoms with Gasteiger partial charge >= 0.3 is 0 Å². The van der Waals surface area contributed by atoms with E-state index in [1.54, 1.807) is 0 Å². The Hall–Kier alpha value is -0.0400. The summed E-state index contributed by atoms with van der Waals surface area (Å²) in [6.45, 7) is 2.39. The fourth-order valence-corrected chi connectivity index (χ4v) is 3.52. The van der Waals surface area contributed by atoms with Gasteiger partial charge in [-0.1, -0.05) is 6.42 Å². The number of hydrogen-bond acceptors (Lipinski definition) is 1. The summed E-state index contributed by atoms with van der Waals surface area (Å²) in [6.07, 6.45) is 9.03. The molecule has 0 aliphatic heterocycles. The van der Waals surface area contributed by atoms with Gasteiger partial charge in [0.25, 0.3) is 0 Å². The van der Waals surface area contributed by atoms with E-state index in [2.05, 4.69) is 12.2 Å². The molecule has 13 heavy (non-hydrogen) atoms. The van der Waals surface area contributed by atoms with E-state index in [4.69, 9.17) is 0 Å². The molecule has 0 amide bonds. The molecule has 1 heteroatoms. The van der Waals surface area contributed by atoms with E-state index in [1.165, 1.54) is 38.5 Å². The van der Waals surface area contributed by atoms with E-state index >= 15 is 0 Å². The van der Waals surface area contributed by atoms with Crippen molar-refractivity contribution < 1.29 is 0 Å². The van der Waals surface area contributed by atoms with Crippen LogP contribution in [0, 0.1) is 17.8 Å². The van der Waals surface area contributed by atoms with E-state index in [1.807, 2.05) is 0 Å². The van der Waals surface area contributed by atoms with Crippen LogP contribution in [0.15, 0.2) is 0 Å². The Labute approximate surface area is 81.3 Å². The molecule has 0 spiro atoms. The minimum absolute atomic E-state index is 0.810. The third-order valence-corrected chi connectivity index (χ3v) is 4.54. The van der Waals surface area contributed by atoms with Gasteiger partial charge in [-0.3, -0.25) is 0 Å². The van der Waals surface area contributed by atoms with Crippen LogP contribution in [0.25, 0.3) is 0 Å². The molecule has 3 aliphatic carbocycles. The van der Waals surface area contributed by atoms with Gasteiger partial charge in [-0.05, 0) is 56.8 Å². The zero-order valence-corrected chi connectivity index (χ0v) is 8.63. The Kier molecular flexibility index (Phi) is 1.90. The lowest BCUT2D eigenvalue weighted by atomic mass is 9.94. The molecule has 2 bridgehead atoms. The summed E-state index contributed by atoms with van der Waals surface area (Å²) in [5, 5.41) is 3.87. The molecule has 0 heterocycles. The predicted molar refractivity (Wildman–Crippen MR) is 54.6 cm³/mol. The summed E-state index contributed by atoms with van der Waals surface area (Å²) in [6, 6.07) is 1.71. The van der Waals surface area contributed by atoms with Crippen LogP contribution in [0.4, 0.5) is 0 Å². The van der Waals surface area contributed by atoms with E-state index in [0.717, 1.165) is 29.8 Å². The largest absolute Gasteiger partial charge is 0.311 e. The minimum atomic E-state index is 0.810. The molecule has 0 aromatic heterocycles. The lowest BCUT2D eigenvalue weighted by Gasteiger charge is -2.26. The maximum absolute atomic E-state index is 3.87. The molecule has 3 saturated carbocycles. The van der Waals surface area contributed by atoms with Crippen molar-refractivity contribution in [2.24, 2.45) is 17.8 Å². The molecule has 0 saturated heterocycles. The van der Waals surface area contributed by atoms with Gasteiger partial charge in [-0.15, -0.1) is 0 Å². The SMILES string of the molecule is CC(NC1CC2CCC1C2)C1CC1. The standard InChI is InChI=1S/C12H21N/c1-8(10-4-5-10)13-12-7-9-2-3-11(12)6-9/h8-13H,2-7H2,1H3. The second-order valence-electron chi connectivity index (χ2n) is 5.57. The van der Waals surface area contributed by atoms with Crippen molar-refractivity contribution in [3.8, 4) is 0 Å². The van der Waals surface area contributed by atoms with Crippen LogP contribution in [-0.2, 0) is 0 Å². The molecule has 1 nitrogen and oxygen atoms in total. The molecule has 0 aromatic carbocycles. The summed E-state index contributed by atoms with van der Waals surface area (Å²) in [4.78, 5) is 0. The van der Waals surface area contributed by atoms with Crippen LogP contribution in [0.2, 0.25) is 0 Å². The summed E-state index contributed by atoms with van der Waals surface area (Å²) in [5.74, 6) is 3.17. The highest BCUT2D eigenvalue weighted by molar-refractivity contribution is 4.96. The number of nitrogens with one attached hydrogen (secondary N) is 1. The van der Waals surface area contributed by atoms with Gasteiger partial charge in [0.1, 0.15) is 0 Å². The highest BCUT2D eigenvalue weighted by Gasteiger charge is 2.41. The summed E-state index contributed by atoms with van der Waals surface area (Å²) in [5.41, 5.74) is 0. The molecule has 1 N–H and O–H groups in total. The van der Waals surface area contributed by atoms with Crippen molar-refractivity contribution in [2.75, 3.05) is 0 Å². The van der Waals surface area contributed by atoms with E-state index in [0.29, 0.717) is 0 Å². The molecule has 3 rings (SSSR count). The maximum atomic E-state index is 3.87.